The molecule has 31 heavy (non-hydrogen) atoms. The van der Waals surface area contributed by atoms with E-state index in [-0.39, 0.29) is 17.4 Å². The number of aliphatic hydroxyl groups is 1. The number of nitrogens with two attached hydrogens (primary N) is 1. The molecule has 0 fully saturated rings. The number of amides is 2. The second kappa shape index (κ2) is 7.75. The van der Waals surface area contributed by atoms with Crippen LogP contribution in [0.5, 0.6) is 0 Å². The number of hydrogen-bond acceptors (Lipinski definition) is 3. The molecular formula is C25H29FN2O3. The van der Waals surface area contributed by atoms with E-state index in [2.05, 4.69) is 6.58 Å². The second-order valence-electron chi connectivity index (χ2n) is 9.33. The summed E-state index contributed by atoms with van der Waals surface area (Å²) in [6.45, 7) is 8.07. The van der Waals surface area contributed by atoms with E-state index >= 15 is 4.39 Å². The van der Waals surface area contributed by atoms with E-state index in [1.165, 1.54) is 12.1 Å². The van der Waals surface area contributed by atoms with Gasteiger partial charge in [0.25, 0.3) is 0 Å². The van der Waals surface area contributed by atoms with Gasteiger partial charge in [0.1, 0.15) is 5.82 Å². The summed E-state index contributed by atoms with van der Waals surface area (Å²) in [5.74, 6) is -1.19. The molecule has 3 aliphatic rings. The van der Waals surface area contributed by atoms with Crippen LogP contribution in [0.1, 0.15) is 66.6 Å². The van der Waals surface area contributed by atoms with Crippen molar-refractivity contribution in [2.75, 3.05) is 13.1 Å². The number of carbonyl (C=O) groups excluding carboxylic acids is 2. The molecule has 1 atom stereocenters. The van der Waals surface area contributed by atoms with Crippen molar-refractivity contribution < 1.29 is 19.1 Å². The van der Waals surface area contributed by atoms with Gasteiger partial charge in [-0.2, -0.15) is 0 Å². The van der Waals surface area contributed by atoms with E-state index in [9.17, 15) is 14.7 Å². The number of rotatable bonds is 4. The van der Waals surface area contributed by atoms with E-state index in [0.29, 0.717) is 44.3 Å². The van der Waals surface area contributed by atoms with Gasteiger partial charge in [0.05, 0.1) is 5.60 Å². The van der Waals surface area contributed by atoms with Crippen LogP contribution in [-0.4, -0.2) is 40.5 Å². The van der Waals surface area contributed by atoms with Crippen LogP contribution < -0.4 is 5.73 Å². The Morgan fingerprint density at radius 1 is 1.35 bits per heavy atom. The van der Waals surface area contributed by atoms with Crippen molar-refractivity contribution in [2.45, 2.75) is 51.6 Å². The molecular weight excluding hydrogens is 395 g/mol. The van der Waals surface area contributed by atoms with Gasteiger partial charge >= 0.3 is 0 Å². The molecule has 0 spiro atoms. The Kier molecular flexibility index (Phi) is 5.38. The first kappa shape index (κ1) is 21.5. The van der Waals surface area contributed by atoms with Gasteiger partial charge < -0.3 is 15.7 Å². The summed E-state index contributed by atoms with van der Waals surface area (Å²) >= 11 is 0. The molecule has 2 aliphatic carbocycles. The number of fused-ring (bicyclic) bond motifs is 2. The highest BCUT2D eigenvalue weighted by atomic mass is 19.1. The lowest BCUT2D eigenvalue weighted by molar-refractivity contribution is -0.125. The zero-order valence-electron chi connectivity index (χ0n) is 18.1. The monoisotopic (exact) mass is 424 g/mol. The van der Waals surface area contributed by atoms with Gasteiger partial charge in [-0.1, -0.05) is 18.2 Å². The lowest BCUT2D eigenvalue weighted by Crippen LogP contribution is -2.34. The quantitative estimate of drug-likeness (QED) is 0.725. The summed E-state index contributed by atoms with van der Waals surface area (Å²) in [7, 11) is 0. The molecule has 1 aromatic rings. The van der Waals surface area contributed by atoms with E-state index in [1.807, 2.05) is 19.9 Å². The molecule has 0 aromatic heterocycles. The van der Waals surface area contributed by atoms with E-state index in [0.717, 1.165) is 34.3 Å². The number of halogens is 1. The highest BCUT2D eigenvalue weighted by Gasteiger charge is 2.38. The minimum Gasteiger partial charge on any atom is -0.390 e. The lowest BCUT2D eigenvalue weighted by atomic mass is 9.75. The highest BCUT2D eigenvalue weighted by molar-refractivity contribution is 6.00. The van der Waals surface area contributed by atoms with Crippen molar-refractivity contribution in [3.63, 3.8) is 0 Å². The number of benzene rings is 1. The van der Waals surface area contributed by atoms with Crippen molar-refractivity contribution >= 4 is 23.0 Å². The van der Waals surface area contributed by atoms with Gasteiger partial charge in [0.2, 0.25) is 11.8 Å². The predicted molar refractivity (Wildman–Crippen MR) is 119 cm³/mol. The van der Waals surface area contributed by atoms with Crippen molar-refractivity contribution in [1.29, 1.82) is 0 Å². The highest BCUT2D eigenvalue weighted by Crippen LogP contribution is 2.49. The Hall–Kier alpha value is -2.73. The molecule has 3 N–H and O–H groups in total. The fourth-order valence-electron chi connectivity index (χ4n) is 5.30. The maximum absolute atomic E-state index is 15.5. The second-order valence-corrected chi connectivity index (χ2v) is 9.33. The number of primary amides is 1. The van der Waals surface area contributed by atoms with Crippen LogP contribution in [0.4, 0.5) is 4.39 Å². The zero-order chi connectivity index (χ0) is 22.5. The van der Waals surface area contributed by atoms with Crippen molar-refractivity contribution in [1.82, 2.24) is 4.90 Å². The first-order chi connectivity index (χ1) is 14.6. The topological polar surface area (TPSA) is 83.6 Å². The van der Waals surface area contributed by atoms with E-state index in [1.54, 1.807) is 4.90 Å². The summed E-state index contributed by atoms with van der Waals surface area (Å²) in [5, 5.41) is 10.5. The Bertz CT molecular complexity index is 1050. The molecule has 5 nitrogen and oxygen atoms in total. The molecule has 1 heterocycles. The fraction of sp³-hybridized carbons (Fsp3) is 0.440. The first-order valence-corrected chi connectivity index (χ1v) is 10.8. The number of carbonyl (C=O) groups is 2. The number of allylic oxidation sites excluding steroid dienone is 2. The van der Waals surface area contributed by atoms with Crippen molar-refractivity contribution in [3.8, 4) is 0 Å². The summed E-state index contributed by atoms with van der Waals surface area (Å²) in [4.78, 5) is 25.9. The van der Waals surface area contributed by atoms with Gasteiger partial charge in [0, 0.05) is 24.2 Å². The summed E-state index contributed by atoms with van der Waals surface area (Å²) < 4.78 is 15.5. The molecule has 0 radical (unpaired) electrons. The van der Waals surface area contributed by atoms with Gasteiger partial charge in [-0.05, 0) is 86.3 Å². The van der Waals surface area contributed by atoms with E-state index < -0.39 is 17.3 Å². The number of hydrogen-bond donors (Lipinski definition) is 2. The summed E-state index contributed by atoms with van der Waals surface area (Å²) in [5.41, 5.74) is 10.0. The summed E-state index contributed by atoms with van der Waals surface area (Å²) in [6, 6.07) is 1.25. The van der Waals surface area contributed by atoms with Crippen molar-refractivity contribution in [3.05, 3.63) is 58.4 Å². The molecule has 0 bridgehead atoms. The zero-order valence-corrected chi connectivity index (χ0v) is 18.1. The SMILES string of the molecule is C=CC(=O)N1CCC=C(c2c(F)cc(C(N)=O)c3c2C2=C(C3)CC(C(C)(C)O)CC2)C1. The third kappa shape index (κ3) is 3.74. The molecule has 1 unspecified atom stereocenters. The Morgan fingerprint density at radius 2 is 2.10 bits per heavy atom. The minimum atomic E-state index is -0.800. The van der Waals surface area contributed by atoms with Crippen LogP contribution in [0, 0.1) is 11.7 Å². The normalized spacial score (nSPS) is 20.8. The fourth-order valence-corrected chi connectivity index (χ4v) is 5.30. The molecule has 4 rings (SSSR count). The third-order valence-corrected chi connectivity index (χ3v) is 6.96. The number of nitrogens with zero attached hydrogens (tertiary/aromatic N) is 1. The average molecular weight is 425 g/mol. The molecule has 2 amide bonds. The average Bonchev–Trinajstić information content (AvgIpc) is 3.10. The van der Waals surface area contributed by atoms with Crippen LogP contribution in [0.3, 0.4) is 0 Å². The Labute approximate surface area is 182 Å². The molecule has 0 saturated carbocycles. The minimum absolute atomic E-state index is 0.112. The molecule has 0 saturated heterocycles. The Balaban J connectivity index is 1.83. The standard InChI is InChI=1S/C25H29FN2O3/c1-4-21(29)28-9-5-6-14(13-28)22-20(26)12-19(24(27)30)18-11-15-10-16(25(2,3)31)7-8-17(15)23(18)22/h4,6,12,16,31H,1,5,7-11,13H2,2-3H3,(H2,27,30). The smallest absolute Gasteiger partial charge is 0.249 e. The van der Waals surface area contributed by atoms with Crippen LogP contribution in [0.2, 0.25) is 0 Å². The summed E-state index contributed by atoms with van der Waals surface area (Å²) in [6.07, 6.45) is 6.67. The molecule has 164 valence electrons. The maximum Gasteiger partial charge on any atom is 0.249 e. The largest absolute Gasteiger partial charge is 0.390 e. The lowest BCUT2D eigenvalue weighted by Gasteiger charge is -2.34. The molecule has 6 heteroatoms. The van der Waals surface area contributed by atoms with Gasteiger partial charge in [-0.3, -0.25) is 9.59 Å². The van der Waals surface area contributed by atoms with E-state index in [4.69, 9.17) is 5.73 Å². The van der Waals surface area contributed by atoms with Gasteiger partial charge in [0.15, 0.2) is 0 Å². The first-order valence-electron chi connectivity index (χ1n) is 10.8. The predicted octanol–water partition coefficient (Wildman–Crippen LogP) is 3.61. The Morgan fingerprint density at radius 3 is 2.74 bits per heavy atom. The molecule has 1 aliphatic heterocycles. The molecule has 1 aromatic carbocycles. The van der Waals surface area contributed by atoms with Crippen LogP contribution in [-0.2, 0) is 11.2 Å². The van der Waals surface area contributed by atoms with Crippen molar-refractivity contribution in [2.24, 2.45) is 11.7 Å². The van der Waals surface area contributed by atoms with Crippen LogP contribution >= 0.6 is 0 Å². The van der Waals surface area contributed by atoms with Gasteiger partial charge in [-0.25, -0.2) is 4.39 Å². The van der Waals surface area contributed by atoms with Crippen LogP contribution in [0.15, 0.2) is 30.4 Å². The maximum atomic E-state index is 15.5. The van der Waals surface area contributed by atoms with Gasteiger partial charge in [-0.15, -0.1) is 0 Å². The third-order valence-electron chi connectivity index (χ3n) is 6.96. The van der Waals surface area contributed by atoms with Crippen LogP contribution in [0.25, 0.3) is 11.1 Å².